The molecule has 0 heterocycles. The molecule has 0 spiro atoms. The molecule has 1 N–H and O–H groups in total. The number of carboxylic acid groups (broad SMARTS) is 1. The molecule has 0 saturated carbocycles. The Morgan fingerprint density at radius 3 is 1.70 bits per heavy atom. The molecule has 1 aromatic rings. The zero-order chi connectivity index (χ0) is 6.95. The van der Waals surface area contributed by atoms with E-state index in [1.807, 2.05) is 30.3 Å². The van der Waals surface area contributed by atoms with Gasteiger partial charge in [0.25, 0.3) is 6.47 Å². The van der Waals surface area contributed by atoms with Crippen LogP contribution in [0.25, 0.3) is 0 Å². The molecule has 2 nitrogen and oxygen atoms in total. The molecule has 0 aliphatic carbocycles. The Labute approximate surface area is 82.2 Å². The first kappa shape index (κ1) is 12.4. The second kappa shape index (κ2) is 11.5. The average Bonchev–Trinajstić information content (AvgIpc) is 1.93. The van der Waals surface area contributed by atoms with E-state index in [1.54, 1.807) is 0 Å². The number of carbonyl (C=O) groups is 1. The van der Waals surface area contributed by atoms with Crippen molar-refractivity contribution in [1.82, 2.24) is 0 Å². The van der Waals surface area contributed by atoms with Crippen molar-refractivity contribution in [2.75, 3.05) is 0 Å². The average molecular weight is 146 g/mol. The van der Waals surface area contributed by atoms with Gasteiger partial charge in [-0.1, -0.05) is 0 Å². The van der Waals surface area contributed by atoms with Crippen molar-refractivity contribution in [3.05, 3.63) is 36.4 Å². The SMILES string of the molecule is O=CO.[Na+].[c-]1ccccc1. The molecule has 1 aromatic carbocycles. The van der Waals surface area contributed by atoms with Gasteiger partial charge in [-0.2, -0.15) is 36.4 Å². The van der Waals surface area contributed by atoms with Gasteiger partial charge in [0.15, 0.2) is 0 Å². The molecule has 0 aliphatic rings. The minimum Gasteiger partial charge on any atom is -0.483 e. The standard InChI is InChI=1S/C6H5.CH2O2.Na/c1-2-4-6-5-3-1;2-1-3;/h1-5H;1H,(H,2,3);/q-1;;+1. The van der Waals surface area contributed by atoms with Gasteiger partial charge in [-0.15, -0.1) is 0 Å². The number of hydrogen-bond acceptors (Lipinski definition) is 1. The Bertz CT molecular complexity index is 115. The van der Waals surface area contributed by atoms with Crippen LogP contribution in [0.1, 0.15) is 0 Å². The summed E-state index contributed by atoms with van der Waals surface area (Å²) in [5.41, 5.74) is 0. The molecular weight excluding hydrogens is 139 g/mol. The van der Waals surface area contributed by atoms with Crippen LogP contribution in [0.4, 0.5) is 0 Å². The molecule has 0 bridgehead atoms. The van der Waals surface area contributed by atoms with E-state index in [2.05, 4.69) is 6.07 Å². The molecular formula is C7H7NaO2. The van der Waals surface area contributed by atoms with Gasteiger partial charge in [0.2, 0.25) is 0 Å². The smallest absolute Gasteiger partial charge is 0.483 e. The van der Waals surface area contributed by atoms with E-state index in [1.165, 1.54) is 0 Å². The van der Waals surface area contributed by atoms with Crippen molar-refractivity contribution in [2.24, 2.45) is 0 Å². The van der Waals surface area contributed by atoms with Gasteiger partial charge >= 0.3 is 29.6 Å². The second-order valence-electron chi connectivity index (χ2n) is 1.18. The van der Waals surface area contributed by atoms with E-state index in [0.29, 0.717) is 0 Å². The van der Waals surface area contributed by atoms with Crippen LogP contribution in [0.2, 0.25) is 0 Å². The zero-order valence-electron chi connectivity index (χ0n) is 5.82. The van der Waals surface area contributed by atoms with E-state index in [4.69, 9.17) is 9.90 Å². The summed E-state index contributed by atoms with van der Waals surface area (Å²) in [6.07, 6.45) is 0. The third-order valence-corrected chi connectivity index (χ3v) is 0.607. The summed E-state index contributed by atoms with van der Waals surface area (Å²) in [5.74, 6) is 0. The van der Waals surface area contributed by atoms with Crippen molar-refractivity contribution in [2.45, 2.75) is 0 Å². The van der Waals surface area contributed by atoms with Gasteiger partial charge < -0.3 is 5.11 Å². The predicted octanol–water partition coefficient (Wildman–Crippen LogP) is -1.81. The Hall–Kier alpha value is -0.310. The van der Waals surface area contributed by atoms with Crippen molar-refractivity contribution >= 4 is 6.47 Å². The minimum absolute atomic E-state index is 0. The first-order chi connectivity index (χ1) is 4.41. The Morgan fingerprint density at radius 1 is 1.20 bits per heavy atom. The van der Waals surface area contributed by atoms with Crippen molar-refractivity contribution in [3.63, 3.8) is 0 Å². The maximum absolute atomic E-state index is 8.36. The molecule has 0 unspecified atom stereocenters. The first-order valence-corrected chi connectivity index (χ1v) is 2.40. The molecule has 0 saturated heterocycles. The molecule has 3 heteroatoms. The molecule has 0 amide bonds. The van der Waals surface area contributed by atoms with Crippen LogP contribution >= 0.6 is 0 Å². The summed E-state index contributed by atoms with van der Waals surface area (Å²) in [7, 11) is 0. The minimum atomic E-state index is -0.250. The van der Waals surface area contributed by atoms with Crippen LogP contribution in [0.15, 0.2) is 30.3 Å². The van der Waals surface area contributed by atoms with E-state index in [-0.39, 0.29) is 36.0 Å². The normalized spacial score (nSPS) is 6.00. The Balaban J connectivity index is 0. The predicted molar refractivity (Wildman–Crippen MR) is 34.0 cm³/mol. The van der Waals surface area contributed by atoms with Crippen molar-refractivity contribution in [1.29, 1.82) is 0 Å². The summed E-state index contributed by atoms with van der Waals surface area (Å²) in [6, 6.07) is 12.5. The second-order valence-corrected chi connectivity index (χ2v) is 1.18. The van der Waals surface area contributed by atoms with Gasteiger partial charge in [-0.05, 0) is 0 Å². The van der Waals surface area contributed by atoms with Crippen molar-refractivity contribution in [3.8, 4) is 0 Å². The maximum Gasteiger partial charge on any atom is 1.00 e. The quantitative estimate of drug-likeness (QED) is 0.266. The number of hydrogen-bond donors (Lipinski definition) is 1. The summed E-state index contributed by atoms with van der Waals surface area (Å²) in [6.45, 7) is -0.250. The van der Waals surface area contributed by atoms with Gasteiger partial charge in [-0.3, -0.25) is 4.79 Å². The largest absolute Gasteiger partial charge is 1.00 e. The summed E-state index contributed by atoms with van der Waals surface area (Å²) in [5, 5.41) is 6.89. The Kier molecular flexibility index (Phi) is 14.2. The maximum atomic E-state index is 8.36. The number of rotatable bonds is 0. The molecule has 0 radical (unpaired) electrons. The molecule has 10 heavy (non-hydrogen) atoms. The van der Waals surface area contributed by atoms with Crippen molar-refractivity contribution < 1.29 is 39.5 Å². The van der Waals surface area contributed by atoms with Gasteiger partial charge in [0, 0.05) is 0 Å². The third-order valence-electron chi connectivity index (χ3n) is 0.607. The topological polar surface area (TPSA) is 37.3 Å². The summed E-state index contributed by atoms with van der Waals surface area (Å²) >= 11 is 0. The Morgan fingerprint density at radius 2 is 1.60 bits per heavy atom. The fourth-order valence-electron chi connectivity index (χ4n) is 0.342. The van der Waals surface area contributed by atoms with Crippen LogP contribution in [0.3, 0.4) is 0 Å². The van der Waals surface area contributed by atoms with E-state index in [9.17, 15) is 0 Å². The van der Waals surface area contributed by atoms with Crippen LogP contribution in [0.5, 0.6) is 0 Å². The molecule has 0 aromatic heterocycles. The molecule has 1 rings (SSSR count). The third kappa shape index (κ3) is 10.6. The molecule has 48 valence electrons. The summed E-state index contributed by atoms with van der Waals surface area (Å²) < 4.78 is 0. The van der Waals surface area contributed by atoms with Gasteiger partial charge in [-0.25, -0.2) is 0 Å². The van der Waals surface area contributed by atoms with E-state index >= 15 is 0 Å². The van der Waals surface area contributed by atoms with Crippen LogP contribution in [-0.2, 0) is 4.79 Å². The number of benzene rings is 1. The molecule has 0 fully saturated rings. The zero-order valence-corrected chi connectivity index (χ0v) is 7.82. The van der Waals surface area contributed by atoms with E-state index in [0.717, 1.165) is 0 Å². The fourth-order valence-corrected chi connectivity index (χ4v) is 0.342. The van der Waals surface area contributed by atoms with Crippen LogP contribution < -0.4 is 29.6 Å². The van der Waals surface area contributed by atoms with Gasteiger partial charge in [0.05, 0.1) is 0 Å². The monoisotopic (exact) mass is 146 g/mol. The van der Waals surface area contributed by atoms with Gasteiger partial charge in [0.1, 0.15) is 0 Å². The molecule has 0 aliphatic heterocycles. The van der Waals surface area contributed by atoms with Crippen LogP contribution in [-0.4, -0.2) is 11.6 Å². The molecule has 0 atom stereocenters. The first-order valence-electron chi connectivity index (χ1n) is 2.40. The van der Waals surface area contributed by atoms with E-state index < -0.39 is 0 Å². The fraction of sp³-hybridized carbons (Fsp3) is 0. The summed E-state index contributed by atoms with van der Waals surface area (Å²) in [4.78, 5) is 8.36. The van der Waals surface area contributed by atoms with Crippen LogP contribution in [0, 0.1) is 6.07 Å².